The van der Waals surface area contributed by atoms with Crippen LogP contribution >= 0.6 is 11.8 Å². The van der Waals surface area contributed by atoms with E-state index in [9.17, 15) is 4.79 Å². The van der Waals surface area contributed by atoms with E-state index in [1.165, 1.54) is 51.8 Å². The molecule has 156 valence electrons. The molecular formula is C22H46O2SSn. The third kappa shape index (κ3) is 10.2. The quantitative estimate of drug-likeness (QED) is 0.232. The van der Waals surface area contributed by atoms with Gasteiger partial charge in [0.05, 0.1) is 0 Å². The Morgan fingerprint density at radius 2 is 1.27 bits per heavy atom. The maximum absolute atomic E-state index is 12.7. The fourth-order valence-corrected chi connectivity index (χ4v) is 17.6. The molecule has 0 aromatic carbocycles. The zero-order valence-electron chi connectivity index (χ0n) is 19.0. The monoisotopic (exact) mass is 494 g/mol. The Balaban J connectivity index is 4.82. The summed E-state index contributed by atoms with van der Waals surface area (Å²) in [7, 11) is 0. The van der Waals surface area contributed by atoms with Gasteiger partial charge < -0.3 is 0 Å². The molecule has 0 N–H and O–H groups in total. The number of thioether (sulfide) groups is 1. The molecule has 0 unspecified atom stereocenters. The fourth-order valence-electron chi connectivity index (χ4n) is 2.90. The molecule has 0 radical (unpaired) electrons. The minimum absolute atomic E-state index is 0.0822. The normalized spacial score (nSPS) is 13.1. The summed E-state index contributed by atoms with van der Waals surface area (Å²) in [5.74, 6) is 1.62. The molecule has 0 atom stereocenters. The molecule has 0 aliphatic heterocycles. The van der Waals surface area contributed by atoms with Crippen molar-refractivity contribution in [1.29, 1.82) is 0 Å². The van der Waals surface area contributed by atoms with Gasteiger partial charge in [-0.25, -0.2) is 0 Å². The second kappa shape index (κ2) is 13.0. The second-order valence-corrected chi connectivity index (χ2v) is 22.2. The van der Waals surface area contributed by atoms with Gasteiger partial charge in [0, 0.05) is 0 Å². The number of hydrogen-bond donors (Lipinski definition) is 0. The molecule has 0 amide bonds. The molecule has 0 aromatic rings. The number of carbonyl (C=O) groups excluding carboxylic acids is 1. The summed E-state index contributed by atoms with van der Waals surface area (Å²) < 4.78 is 10.1. The molecule has 0 aliphatic rings. The minimum atomic E-state index is -2.78. The number of hydrogen-bond acceptors (Lipinski definition) is 3. The Morgan fingerprint density at radius 1 is 0.846 bits per heavy atom. The summed E-state index contributed by atoms with van der Waals surface area (Å²) in [5, 5.41) is 0. The van der Waals surface area contributed by atoms with Crippen LogP contribution in [0, 0.1) is 10.8 Å². The molecule has 26 heavy (non-hydrogen) atoms. The van der Waals surface area contributed by atoms with Crippen molar-refractivity contribution in [3.63, 3.8) is 0 Å². The van der Waals surface area contributed by atoms with Crippen molar-refractivity contribution in [3.8, 4) is 0 Å². The molecule has 0 spiro atoms. The van der Waals surface area contributed by atoms with Crippen LogP contribution in [0.5, 0.6) is 0 Å². The molecule has 0 saturated carbocycles. The summed E-state index contributed by atoms with van der Waals surface area (Å²) in [6.45, 7) is 18.2. The van der Waals surface area contributed by atoms with Gasteiger partial charge in [0.2, 0.25) is 0 Å². The maximum atomic E-state index is 12.7. The molecule has 0 heterocycles. The van der Waals surface area contributed by atoms with Crippen LogP contribution in [0.15, 0.2) is 0 Å². The SMILES string of the molecule is CCC[CH2][Sn]([CH2]CCC)([CH2]CCC)[O]C(=O)CSCC(C)(C)C(C)(C)C. The molecule has 0 saturated heterocycles. The molecule has 0 aliphatic carbocycles. The van der Waals surface area contributed by atoms with E-state index in [4.69, 9.17) is 3.07 Å². The number of unbranched alkanes of at least 4 members (excludes halogenated alkanes) is 3. The van der Waals surface area contributed by atoms with E-state index in [2.05, 4.69) is 55.4 Å². The van der Waals surface area contributed by atoms with Crippen molar-refractivity contribution >= 4 is 36.5 Å². The van der Waals surface area contributed by atoms with Gasteiger partial charge in [-0.15, -0.1) is 0 Å². The first-order valence-electron chi connectivity index (χ1n) is 10.8. The van der Waals surface area contributed by atoms with Crippen molar-refractivity contribution < 1.29 is 7.87 Å². The van der Waals surface area contributed by atoms with E-state index < -0.39 is 18.8 Å². The zero-order chi connectivity index (χ0) is 20.3. The van der Waals surface area contributed by atoms with Gasteiger partial charge in [-0.3, -0.25) is 0 Å². The Labute approximate surface area is 173 Å². The summed E-state index contributed by atoms with van der Waals surface area (Å²) in [6, 6.07) is 0. The second-order valence-electron chi connectivity index (χ2n) is 9.59. The van der Waals surface area contributed by atoms with Crippen molar-refractivity contribution in [2.24, 2.45) is 10.8 Å². The van der Waals surface area contributed by atoms with Crippen LogP contribution in [0.4, 0.5) is 0 Å². The average Bonchev–Trinajstić information content (AvgIpc) is 2.54. The van der Waals surface area contributed by atoms with E-state index in [-0.39, 0.29) is 16.8 Å². The Hall–Kier alpha value is 0.619. The fraction of sp³-hybridized carbons (Fsp3) is 0.955. The van der Waals surface area contributed by atoms with Gasteiger partial charge >= 0.3 is 174 Å². The first-order chi connectivity index (χ1) is 12.0. The predicted octanol–water partition coefficient (Wildman–Crippen LogP) is 7.68. The summed E-state index contributed by atoms with van der Waals surface area (Å²) >= 11 is -1.02. The van der Waals surface area contributed by atoms with E-state index in [0.717, 1.165) is 5.75 Å². The Morgan fingerprint density at radius 3 is 1.62 bits per heavy atom. The topological polar surface area (TPSA) is 26.3 Å². The summed E-state index contributed by atoms with van der Waals surface area (Å²) in [6.07, 6.45) is 7.35. The third-order valence-corrected chi connectivity index (χ3v) is 20.1. The van der Waals surface area contributed by atoms with Crippen LogP contribution in [0.25, 0.3) is 0 Å². The number of carbonyl (C=O) groups is 1. The molecule has 0 rings (SSSR count). The molecule has 0 fully saturated rings. The average molecular weight is 493 g/mol. The first kappa shape index (κ1) is 26.6. The molecular weight excluding hydrogens is 447 g/mol. The van der Waals surface area contributed by atoms with E-state index >= 15 is 0 Å². The Bertz CT molecular complexity index is 366. The van der Waals surface area contributed by atoms with Crippen LogP contribution in [0.2, 0.25) is 13.3 Å². The van der Waals surface area contributed by atoms with Gasteiger partial charge in [-0.1, -0.05) is 0 Å². The van der Waals surface area contributed by atoms with Crippen LogP contribution in [-0.2, 0) is 7.87 Å². The van der Waals surface area contributed by atoms with E-state index in [1.54, 1.807) is 11.8 Å². The predicted molar refractivity (Wildman–Crippen MR) is 122 cm³/mol. The van der Waals surface area contributed by atoms with Crippen LogP contribution in [0.1, 0.15) is 93.9 Å². The first-order valence-corrected chi connectivity index (χ1v) is 19.2. The van der Waals surface area contributed by atoms with Crippen LogP contribution < -0.4 is 0 Å². The van der Waals surface area contributed by atoms with Crippen molar-refractivity contribution in [2.75, 3.05) is 11.5 Å². The van der Waals surface area contributed by atoms with Crippen molar-refractivity contribution in [2.45, 2.75) is 107 Å². The zero-order valence-corrected chi connectivity index (χ0v) is 22.7. The van der Waals surface area contributed by atoms with Crippen molar-refractivity contribution in [1.82, 2.24) is 0 Å². The Kier molecular flexibility index (Phi) is 13.3. The van der Waals surface area contributed by atoms with Crippen LogP contribution in [0.3, 0.4) is 0 Å². The van der Waals surface area contributed by atoms with Crippen molar-refractivity contribution in [3.05, 3.63) is 0 Å². The van der Waals surface area contributed by atoms with Gasteiger partial charge in [0.1, 0.15) is 0 Å². The standard InChI is InChI=1S/C10H20O2S.3C4H9.Sn/c1-9(2,3)10(4,5)7-13-6-8(11)12;3*1-3-4-2;/h6-7H2,1-5H3,(H,11,12);3*1,3-4H2,2H3;/q;;;;+1/p-1. The van der Waals surface area contributed by atoms with Gasteiger partial charge in [-0.05, 0) is 0 Å². The van der Waals surface area contributed by atoms with E-state index in [0.29, 0.717) is 5.75 Å². The van der Waals surface area contributed by atoms with E-state index in [1.807, 2.05) is 0 Å². The third-order valence-electron chi connectivity index (χ3n) is 6.00. The molecule has 2 nitrogen and oxygen atoms in total. The van der Waals surface area contributed by atoms with Gasteiger partial charge in [-0.2, -0.15) is 0 Å². The summed E-state index contributed by atoms with van der Waals surface area (Å²) in [4.78, 5) is 12.7. The molecule has 4 heteroatoms. The molecule has 0 bridgehead atoms. The van der Waals surface area contributed by atoms with Crippen LogP contribution in [-0.4, -0.2) is 36.3 Å². The summed E-state index contributed by atoms with van der Waals surface area (Å²) in [5.41, 5.74) is 0.460. The van der Waals surface area contributed by atoms with Gasteiger partial charge in [0.25, 0.3) is 0 Å². The molecule has 0 aromatic heterocycles. The number of rotatable bonds is 14. The van der Waals surface area contributed by atoms with Gasteiger partial charge in [0.15, 0.2) is 0 Å².